The minimum atomic E-state index is -4.40. The maximum atomic E-state index is 12.4. The first-order valence-corrected chi connectivity index (χ1v) is 10.5. The van der Waals surface area contributed by atoms with Crippen molar-refractivity contribution in [2.45, 2.75) is 20.0 Å². The molecule has 2 amide bonds. The molecule has 0 unspecified atom stereocenters. The van der Waals surface area contributed by atoms with Crippen LogP contribution in [0.1, 0.15) is 24.2 Å². The van der Waals surface area contributed by atoms with Crippen LogP contribution in [0, 0.1) is 5.92 Å². The van der Waals surface area contributed by atoms with Crippen molar-refractivity contribution in [1.82, 2.24) is 10.3 Å². The maximum absolute atomic E-state index is 12.4. The van der Waals surface area contributed by atoms with Gasteiger partial charge in [-0.3, -0.25) is 9.59 Å². The minimum absolute atomic E-state index is 0.129. The van der Waals surface area contributed by atoms with Crippen molar-refractivity contribution in [3.63, 3.8) is 0 Å². The fraction of sp³-hybridized carbons (Fsp3) is 0.292. The zero-order valence-corrected chi connectivity index (χ0v) is 18.6. The van der Waals surface area contributed by atoms with E-state index in [1.165, 1.54) is 30.5 Å². The lowest BCUT2D eigenvalue weighted by Gasteiger charge is -2.11. The van der Waals surface area contributed by atoms with Gasteiger partial charge in [-0.15, -0.1) is 0 Å². The SMILES string of the molecule is CC(C)C(=O)Nc1cc(C(=O)NCCOc2ccc3cc(OCC(F)(F)F)ccc3c2)ccn1. The van der Waals surface area contributed by atoms with E-state index in [0.29, 0.717) is 22.5 Å². The van der Waals surface area contributed by atoms with E-state index in [-0.39, 0.29) is 36.6 Å². The van der Waals surface area contributed by atoms with Gasteiger partial charge in [-0.2, -0.15) is 13.2 Å². The number of fused-ring (bicyclic) bond motifs is 1. The summed E-state index contributed by atoms with van der Waals surface area (Å²) in [4.78, 5) is 28.2. The first kappa shape index (κ1) is 24.8. The highest BCUT2D eigenvalue weighted by Crippen LogP contribution is 2.26. The average Bonchev–Trinajstić information content (AvgIpc) is 2.79. The third-order valence-electron chi connectivity index (χ3n) is 4.64. The minimum Gasteiger partial charge on any atom is -0.492 e. The van der Waals surface area contributed by atoms with Crippen LogP contribution in [-0.2, 0) is 4.79 Å². The molecule has 0 saturated heterocycles. The number of nitrogens with one attached hydrogen (secondary N) is 2. The second-order valence-corrected chi connectivity index (χ2v) is 7.75. The van der Waals surface area contributed by atoms with E-state index in [1.807, 2.05) is 0 Å². The Balaban J connectivity index is 1.50. The number of alkyl halides is 3. The Bertz CT molecular complexity index is 1170. The number of halogens is 3. The number of hydrogen-bond acceptors (Lipinski definition) is 5. The average molecular weight is 475 g/mol. The van der Waals surface area contributed by atoms with Crippen molar-refractivity contribution >= 4 is 28.4 Å². The molecule has 7 nitrogen and oxygen atoms in total. The van der Waals surface area contributed by atoms with Crippen LogP contribution in [-0.4, -0.2) is 42.7 Å². The van der Waals surface area contributed by atoms with E-state index in [9.17, 15) is 22.8 Å². The topological polar surface area (TPSA) is 89.6 Å². The normalized spacial score (nSPS) is 11.4. The Morgan fingerprint density at radius 2 is 1.62 bits per heavy atom. The zero-order valence-electron chi connectivity index (χ0n) is 18.6. The summed E-state index contributed by atoms with van der Waals surface area (Å²) in [6, 6.07) is 12.8. The molecular formula is C24H24F3N3O4. The quantitative estimate of drug-likeness (QED) is 0.443. The van der Waals surface area contributed by atoms with Crippen molar-refractivity contribution in [3.8, 4) is 11.5 Å². The molecule has 0 radical (unpaired) electrons. The van der Waals surface area contributed by atoms with Crippen LogP contribution >= 0.6 is 0 Å². The molecule has 10 heteroatoms. The number of amides is 2. The zero-order chi connectivity index (χ0) is 24.7. The molecule has 1 heterocycles. The van der Waals surface area contributed by atoms with E-state index in [2.05, 4.69) is 15.6 Å². The molecule has 0 aliphatic heterocycles. The standard InChI is InChI=1S/C24H24F3N3O4/c1-15(2)22(31)30-21-13-18(7-8-28-21)23(32)29-9-10-33-19-5-3-17-12-20(6-4-16(17)11-19)34-14-24(25,26)27/h3-8,11-13,15H,9-10,14H2,1-2H3,(H,29,32)(H,28,30,31). The molecule has 0 spiro atoms. The van der Waals surface area contributed by atoms with Crippen LogP contribution in [0.5, 0.6) is 11.5 Å². The first-order valence-electron chi connectivity index (χ1n) is 10.5. The van der Waals surface area contributed by atoms with Gasteiger partial charge in [0.1, 0.15) is 23.9 Å². The first-order chi connectivity index (χ1) is 16.1. The number of rotatable bonds is 9. The summed E-state index contributed by atoms with van der Waals surface area (Å²) in [5.74, 6) is 0.231. The third kappa shape index (κ3) is 7.36. The molecule has 180 valence electrons. The van der Waals surface area contributed by atoms with E-state index in [0.717, 1.165) is 5.39 Å². The van der Waals surface area contributed by atoms with Crippen molar-refractivity contribution in [2.75, 3.05) is 25.1 Å². The van der Waals surface area contributed by atoms with Gasteiger partial charge in [0, 0.05) is 17.7 Å². The molecule has 0 saturated carbocycles. The lowest BCUT2D eigenvalue weighted by Crippen LogP contribution is -2.28. The van der Waals surface area contributed by atoms with Gasteiger partial charge in [0.05, 0.1) is 6.54 Å². The van der Waals surface area contributed by atoms with Crippen molar-refractivity contribution in [1.29, 1.82) is 0 Å². The molecule has 3 rings (SSSR count). The number of carbonyl (C=O) groups is 2. The molecule has 34 heavy (non-hydrogen) atoms. The van der Waals surface area contributed by atoms with Gasteiger partial charge in [-0.25, -0.2) is 4.98 Å². The lowest BCUT2D eigenvalue weighted by atomic mass is 10.1. The predicted octanol–water partition coefficient (Wildman–Crippen LogP) is 4.58. The number of carbonyl (C=O) groups excluding carboxylic acids is 2. The fourth-order valence-electron chi connectivity index (χ4n) is 2.89. The number of pyridine rings is 1. The highest BCUT2D eigenvalue weighted by Gasteiger charge is 2.28. The van der Waals surface area contributed by atoms with Crippen LogP contribution in [0.15, 0.2) is 54.7 Å². The summed E-state index contributed by atoms with van der Waals surface area (Å²) in [6.07, 6.45) is -2.96. The maximum Gasteiger partial charge on any atom is 0.422 e. The van der Waals surface area contributed by atoms with Gasteiger partial charge < -0.3 is 20.1 Å². The molecular weight excluding hydrogens is 451 g/mol. The van der Waals surface area contributed by atoms with Gasteiger partial charge in [-0.1, -0.05) is 26.0 Å². The van der Waals surface area contributed by atoms with Gasteiger partial charge >= 0.3 is 6.18 Å². The predicted molar refractivity (Wildman–Crippen MR) is 121 cm³/mol. The summed E-state index contributed by atoms with van der Waals surface area (Å²) in [6.45, 7) is 2.60. The Hall–Kier alpha value is -3.82. The van der Waals surface area contributed by atoms with Gasteiger partial charge in [-0.05, 0) is 47.2 Å². The van der Waals surface area contributed by atoms with E-state index < -0.39 is 12.8 Å². The summed E-state index contributed by atoms with van der Waals surface area (Å²) in [7, 11) is 0. The molecule has 3 aromatic rings. The molecule has 0 aliphatic rings. The number of benzene rings is 2. The van der Waals surface area contributed by atoms with Crippen molar-refractivity contribution in [2.24, 2.45) is 5.92 Å². The van der Waals surface area contributed by atoms with E-state index >= 15 is 0 Å². The monoisotopic (exact) mass is 475 g/mol. The number of anilines is 1. The molecule has 1 aromatic heterocycles. The number of aromatic nitrogens is 1. The van der Waals surface area contributed by atoms with E-state index in [1.54, 1.807) is 38.1 Å². The molecule has 0 atom stereocenters. The molecule has 0 aliphatic carbocycles. The molecule has 2 N–H and O–H groups in total. The Labute approximate surface area is 194 Å². The van der Waals surface area contributed by atoms with Crippen molar-refractivity contribution < 1.29 is 32.2 Å². The van der Waals surface area contributed by atoms with Crippen LogP contribution in [0.3, 0.4) is 0 Å². The smallest absolute Gasteiger partial charge is 0.422 e. The second-order valence-electron chi connectivity index (χ2n) is 7.75. The fourth-order valence-corrected chi connectivity index (χ4v) is 2.89. The number of nitrogens with zero attached hydrogens (tertiary/aromatic N) is 1. The van der Waals surface area contributed by atoms with E-state index in [4.69, 9.17) is 9.47 Å². The van der Waals surface area contributed by atoms with Gasteiger partial charge in [0.2, 0.25) is 5.91 Å². The molecule has 0 bridgehead atoms. The van der Waals surface area contributed by atoms with Gasteiger partial charge in [0.15, 0.2) is 6.61 Å². The highest BCUT2D eigenvalue weighted by atomic mass is 19.4. The van der Waals surface area contributed by atoms with Crippen LogP contribution in [0.25, 0.3) is 10.8 Å². The summed E-state index contributed by atoms with van der Waals surface area (Å²) in [5, 5.41) is 6.85. The Morgan fingerprint density at radius 1 is 0.971 bits per heavy atom. The van der Waals surface area contributed by atoms with Gasteiger partial charge in [0.25, 0.3) is 5.91 Å². The highest BCUT2D eigenvalue weighted by molar-refractivity contribution is 5.96. The molecule has 0 fully saturated rings. The number of ether oxygens (including phenoxy) is 2. The summed E-state index contributed by atoms with van der Waals surface area (Å²) < 4.78 is 47.3. The van der Waals surface area contributed by atoms with Crippen LogP contribution in [0.2, 0.25) is 0 Å². The number of hydrogen-bond donors (Lipinski definition) is 2. The molecule has 2 aromatic carbocycles. The summed E-state index contributed by atoms with van der Waals surface area (Å²) >= 11 is 0. The Kier molecular flexibility index (Phi) is 7.93. The van der Waals surface area contributed by atoms with Crippen LogP contribution in [0.4, 0.5) is 19.0 Å². The third-order valence-corrected chi connectivity index (χ3v) is 4.64. The lowest BCUT2D eigenvalue weighted by molar-refractivity contribution is -0.153. The Morgan fingerprint density at radius 3 is 2.24 bits per heavy atom. The summed E-state index contributed by atoms with van der Waals surface area (Å²) in [5.41, 5.74) is 0.350. The second kappa shape index (κ2) is 10.9. The van der Waals surface area contributed by atoms with Crippen LogP contribution < -0.4 is 20.1 Å². The van der Waals surface area contributed by atoms with Crippen molar-refractivity contribution in [3.05, 3.63) is 60.3 Å². The largest absolute Gasteiger partial charge is 0.492 e.